The number of nitrogens with one attached hydrogen (secondary N) is 1. The van der Waals surface area contributed by atoms with Crippen molar-refractivity contribution in [3.05, 3.63) is 0 Å². The standard InChI is InChI=1S/C6H10N6O.C6H15Si/c1-12(2)11-10-6-4(5(7)13)8-3-9-6;1-6(2,3)7(4)5/h3,11H,1-2H3,(H2,7,13);1-5H3/b10-6-;. The first-order valence-electron chi connectivity index (χ1n) is 6.27. The van der Waals surface area contributed by atoms with Crippen molar-refractivity contribution in [1.82, 2.24) is 10.5 Å². The van der Waals surface area contributed by atoms with E-state index in [0.717, 1.165) is 0 Å². The lowest BCUT2D eigenvalue weighted by Crippen LogP contribution is -2.32. The molecule has 0 saturated heterocycles. The molecule has 8 heteroatoms. The van der Waals surface area contributed by atoms with Gasteiger partial charge in [-0.25, -0.2) is 20.5 Å². The number of primary amides is 1. The van der Waals surface area contributed by atoms with Crippen molar-refractivity contribution in [2.24, 2.45) is 20.8 Å². The highest BCUT2D eigenvalue weighted by Gasteiger charge is 2.17. The number of nitrogens with zero attached hydrogens (tertiary/aromatic N) is 4. The second-order valence-electron chi connectivity index (χ2n) is 5.77. The van der Waals surface area contributed by atoms with Gasteiger partial charge in [0, 0.05) is 22.9 Å². The minimum absolute atomic E-state index is 0.0502. The van der Waals surface area contributed by atoms with Gasteiger partial charge in [-0.1, -0.05) is 33.9 Å². The Kier molecular flexibility index (Phi) is 7.29. The molecule has 1 aliphatic heterocycles. The van der Waals surface area contributed by atoms with Crippen LogP contribution in [0.1, 0.15) is 20.8 Å². The first-order valence-corrected chi connectivity index (χ1v) is 8.77. The number of hydrogen-bond acceptors (Lipinski definition) is 5. The van der Waals surface area contributed by atoms with Crippen molar-refractivity contribution in [3.63, 3.8) is 0 Å². The SMILES string of the molecule is CN(C)N/N=C1\N=CN=C1C(N)=O.C[Si](C)C(C)(C)C. The van der Waals surface area contributed by atoms with Gasteiger partial charge < -0.3 is 5.73 Å². The topological polar surface area (TPSA) is 95.4 Å². The summed E-state index contributed by atoms with van der Waals surface area (Å²) in [7, 11) is 3.46. The van der Waals surface area contributed by atoms with Gasteiger partial charge in [-0.2, -0.15) is 0 Å². The molecule has 0 aromatic carbocycles. The highest BCUT2D eigenvalue weighted by molar-refractivity contribution is 6.68. The quantitative estimate of drug-likeness (QED) is 0.598. The number of carbonyl (C=O) groups excluding carboxylic acids is 1. The zero-order valence-corrected chi connectivity index (χ0v) is 14.4. The van der Waals surface area contributed by atoms with Crippen LogP contribution >= 0.6 is 0 Å². The van der Waals surface area contributed by atoms with Crippen LogP contribution in [-0.2, 0) is 4.79 Å². The number of nitrogens with two attached hydrogens (primary N) is 1. The van der Waals surface area contributed by atoms with Crippen molar-refractivity contribution >= 4 is 32.6 Å². The maximum absolute atomic E-state index is 10.7. The molecule has 1 heterocycles. The van der Waals surface area contributed by atoms with Crippen LogP contribution < -0.4 is 11.3 Å². The average Bonchev–Trinajstić information content (AvgIpc) is 2.73. The molecule has 0 spiro atoms. The number of amidine groups is 1. The zero-order chi connectivity index (χ0) is 15.9. The predicted octanol–water partition coefficient (Wildman–Crippen LogP) is 0.875. The number of hydrazone groups is 1. The van der Waals surface area contributed by atoms with E-state index in [1.165, 1.54) is 6.34 Å². The summed E-state index contributed by atoms with van der Waals surface area (Å²) >= 11 is 0. The van der Waals surface area contributed by atoms with Gasteiger partial charge in [-0.15, -0.1) is 5.10 Å². The van der Waals surface area contributed by atoms with E-state index in [1.807, 2.05) is 0 Å². The van der Waals surface area contributed by atoms with E-state index in [2.05, 4.69) is 54.5 Å². The van der Waals surface area contributed by atoms with E-state index < -0.39 is 5.91 Å². The van der Waals surface area contributed by atoms with Gasteiger partial charge >= 0.3 is 0 Å². The number of rotatable bonds is 3. The van der Waals surface area contributed by atoms with Gasteiger partial charge in [0.1, 0.15) is 6.34 Å². The molecule has 20 heavy (non-hydrogen) atoms. The van der Waals surface area contributed by atoms with Crippen LogP contribution in [0.2, 0.25) is 18.1 Å². The van der Waals surface area contributed by atoms with Crippen LogP contribution in [0, 0.1) is 0 Å². The van der Waals surface area contributed by atoms with Crippen LogP contribution in [-0.4, -0.2) is 51.7 Å². The Balaban J connectivity index is 0.000000441. The Hall–Kier alpha value is -1.54. The maximum atomic E-state index is 10.7. The van der Waals surface area contributed by atoms with Crippen LogP contribution in [0.15, 0.2) is 15.1 Å². The molecule has 0 aromatic rings. The van der Waals surface area contributed by atoms with Crippen molar-refractivity contribution in [3.8, 4) is 0 Å². The molecule has 0 atom stereocenters. The Labute approximate surface area is 122 Å². The molecular formula is C12H25N6OSi. The molecule has 1 aliphatic rings. The van der Waals surface area contributed by atoms with Crippen molar-refractivity contribution in [2.45, 2.75) is 38.9 Å². The minimum Gasteiger partial charge on any atom is -0.364 e. The molecule has 113 valence electrons. The molecule has 0 saturated carbocycles. The third-order valence-corrected chi connectivity index (χ3v) is 5.67. The summed E-state index contributed by atoms with van der Waals surface area (Å²) in [4.78, 5) is 18.1. The summed E-state index contributed by atoms with van der Waals surface area (Å²) in [5.41, 5.74) is 7.68. The van der Waals surface area contributed by atoms with Crippen molar-refractivity contribution in [2.75, 3.05) is 14.1 Å². The first kappa shape index (κ1) is 18.5. The normalized spacial score (nSPS) is 16.2. The second-order valence-corrected chi connectivity index (χ2v) is 9.27. The Morgan fingerprint density at radius 2 is 1.90 bits per heavy atom. The highest BCUT2D eigenvalue weighted by Crippen LogP contribution is 2.25. The molecule has 7 nitrogen and oxygen atoms in total. The molecule has 0 unspecified atom stereocenters. The Morgan fingerprint density at radius 3 is 2.25 bits per heavy atom. The van der Waals surface area contributed by atoms with E-state index in [1.54, 1.807) is 19.1 Å². The molecular weight excluding hydrogens is 272 g/mol. The van der Waals surface area contributed by atoms with Gasteiger partial charge in [0.2, 0.25) is 5.84 Å². The summed E-state index contributed by atoms with van der Waals surface area (Å²) in [6.45, 7) is 11.6. The van der Waals surface area contributed by atoms with Crippen molar-refractivity contribution in [1.29, 1.82) is 0 Å². The summed E-state index contributed by atoms with van der Waals surface area (Å²) in [5.74, 6) is -0.446. The van der Waals surface area contributed by atoms with E-state index in [0.29, 0.717) is 5.04 Å². The lowest BCUT2D eigenvalue weighted by atomic mass is 10.2. The fourth-order valence-electron chi connectivity index (χ4n) is 0.663. The van der Waals surface area contributed by atoms with E-state index >= 15 is 0 Å². The molecule has 1 radical (unpaired) electrons. The molecule has 0 fully saturated rings. The molecule has 0 aromatic heterocycles. The molecule has 1 rings (SSSR count). The number of amides is 1. The number of carbonyl (C=O) groups is 1. The predicted molar refractivity (Wildman–Crippen MR) is 86.6 cm³/mol. The fourth-order valence-corrected chi connectivity index (χ4v) is 0.663. The third kappa shape index (κ3) is 7.15. The second kappa shape index (κ2) is 7.90. The summed E-state index contributed by atoms with van der Waals surface area (Å²) in [6.07, 6.45) is 1.23. The monoisotopic (exact) mass is 297 g/mol. The largest absolute Gasteiger partial charge is 0.364 e. The van der Waals surface area contributed by atoms with Gasteiger partial charge in [0.15, 0.2) is 5.71 Å². The molecule has 3 N–H and O–H groups in total. The summed E-state index contributed by atoms with van der Waals surface area (Å²) in [6, 6.07) is 0. The van der Waals surface area contributed by atoms with Crippen LogP contribution in [0.3, 0.4) is 0 Å². The van der Waals surface area contributed by atoms with Gasteiger partial charge in [-0.05, 0) is 5.04 Å². The molecule has 0 aliphatic carbocycles. The van der Waals surface area contributed by atoms with E-state index in [9.17, 15) is 4.79 Å². The van der Waals surface area contributed by atoms with Gasteiger partial charge in [-0.3, -0.25) is 4.79 Å². The smallest absolute Gasteiger partial charge is 0.271 e. The first-order chi connectivity index (χ1) is 9.05. The fraction of sp³-hybridized carbons (Fsp3) is 0.667. The van der Waals surface area contributed by atoms with Crippen LogP contribution in [0.25, 0.3) is 0 Å². The highest BCUT2D eigenvalue weighted by atomic mass is 28.3. The zero-order valence-electron chi connectivity index (χ0n) is 13.4. The number of aliphatic imine (C=N–C) groups is 2. The summed E-state index contributed by atoms with van der Waals surface area (Å²) < 4.78 is 0. The lowest BCUT2D eigenvalue weighted by molar-refractivity contribution is -0.111. The van der Waals surface area contributed by atoms with Crippen LogP contribution in [0.4, 0.5) is 0 Å². The molecule has 1 amide bonds. The Morgan fingerprint density at radius 1 is 1.40 bits per heavy atom. The lowest BCUT2D eigenvalue weighted by Gasteiger charge is -2.20. The maximum Gasteiger partial charge on any atom is 0.271 e. The van der Waals surface area contributed by atoms with Gasteiger partial charge in [0.25, 0.3) is 5.91 Å². The number of hydrazine groups is 1. The number of hydrogen-bond donors (Lipinski definition) is 2. The van der Waals surface area contributed by atoms with Gasteiger partial charge in [0.05, 0.1) is 0 Å². The molecule has 0 bridgehead atoms. The summed E-state index contributed by atoms with van der Waals surface area (Å²) in [5, 5.41) is 5.99. The van der Waals surface area contributed by atoms with Crippen LogP contribution in [0.5, 0.6) is 0 Å². The van der Waals surface area contributed by atoms with E-state index in [4.69, 9.17) is 5.73 Å². The average molecular weight is 297 g/mol. The van der Waals surface area contributed by atoms with Crippen molar-refractivity contribution < 1.29 is 4.79 Å². The minimum atomic E-state index is -0.642. The Bertz CT molecular complexity index is 420. The van der Waals surface area contributed by atoms with E-state index in [-0.39, 0.29) is 20.3 Å². The third-order valence-electron chi connectivity index (χ3n) is 2.67.